The van der Waals surface area contributed by atoms with Gasteiger partial charge in [-0.1, -0.05) is 6.07 Å². The predicted molar refractivity (Wildman–Crippen MR) is 61.7 cm³/mol. The lowest BCUT2D eigenvalue weighted by molar-refractivity contribution is 0.187. The van der Waals surface area contributed by atoms with Gasteiger partial charge in [-0.25, -0.2) is 0 Å². The summed E-state index contributed by atoms with van der Waals surface area (Å²) >= 11 is 0. The van der Waals surface area contributed by atoms with Crippen LogP contribution in [0.2, 0.25) is 0 Å². The maximum absolute atomic E-state index is 9.69. The van der Waals surface area contributed by atoms with Crippen molar-refractivity contribution in [2.45, 2.75) is 13.0 Å². The molecule has 3 heteroatoms. The number of benzene rings is 1. The van der Waals surface area contributed by atoms with E-state index < -0.39 is 6.10 Å². The third-order valence-corrected chi connectivity index (χ3v) is 2.79. The summed E-state index contributed by atoms with van der Waals surface area (Å²) in [6.07, 6.45) is 1.46. The predicted octanol–water partition coefficient (Wildman–Crippen LogP) is 1.48. The average Bonchev–Trinajstić information content (AvgIpc) is 2.59. The van der Waals surface area contributed by atoms with Crippen LogP contribution in [0, 0.1) is 6.92 Å². The molecule has 0 saturated carbocycles. The van der Waals surface area contributed by atoms with Gasteiger partial charge in [0.25, 0.3) is 0 Å². The third kappa shape index (κ3) is 1.64. The maximum atomic E-state index is 9.69. The summed E-state index contributed by atoms with van der Waals surface area (Å²) in [7, 11) is 2.02. The molecule has 0 bridgehead atoms. The summed E-state index contributed by atoms with van der Waals surface area (Å²) in [6, 6.07) is 6.05. The molecule has 1 heterocycles. The van der Waals surface area contributed by atoms with E-state index in [0.717, 1.165) is 10.9 Å². The van der Waals surface area contributed by atoms with Crippen LogP contribution in [0.25, 0.3) is 10.9 Å². The lowest BCUT2D eigenvalue weighted by Crippen LogP contribution is -2.11. The van der Waals surface area contributed by atoms with Crippen LogP contribution in [0.4, 0.5) is 0 Å². The second-order valence-electron chi connectivity index (χ2n) is 3.95. The molecule has 2 aromatic rings. The molecule has 1 atom stereocenters. The minimum atomic E-state index is -0.562. The van der Waals surface area contributed by atoms with E-state index >= 15 is 0 Å². The van der Waals surface area contributed by atoms with Crippen molar-refractivity contribution in [2.24, 2.45) is 12.8 Å². The highest BCUT2D eigenvalue weighted by Crippen LogP contribution is 2.24. The van der Waals surface area contributed by atoms with Gasteiger partial charge >= 0.3 is 0 Å². The number of aliphatic hydroxyl groups is 1. The fourth-order valence-electron chi connectivity index (χ4n) is 2.04. The van der Waals surface area contributed by atoms with E-state index in [-0.39, 0.29) is 6.54 Å². The molecule has 3 nitrogen and oxygen atoms in total. The first-order valence-electron chi connectivity index (χ1n) is 5.07. The van der Waals surface area contributed by atoms with Crippen molar-refractivity contribution in [2.75, 3.05) is 6.54 Å². The summed E-state index contributed by atoms with van der Waals surface area (Å²) in [5.74, 6) is 0. The van der Waals surface area contributed by atoms with Crippen molar-refractivity contribution < 1.29 is 5.11 Å². The Morgan fingerprint density at radius 1 is 1.47 bits per heavy atom. The molecule has 0 fully saturated rings. The van der Waals surface area contributed by atoms with Gasteiger partial charge in [-0.05, 0) is 30.2 Å². The fraction of sp³-hybridized carbons (Fsp3) is 0.333. The smallest absolute Gasteiger partial charge is 0.0912 e. The first kappa shape index (κ1) is 10.2. The molecule has 15 heavy (non-hydrogen) atoms. The zero-order chi connectivity index (χ0) is 11.0. The van der Waals surface area contributed by atoms with Crippen molar-refractivity contribution in [3.8, 4) is 0 Å². The highest BCUT2D eigenvalue weighted by molar-refractivity contribution is 5.84. The molecule has 1 aromatic carbocycles. The number of rotatable bonds is 2. The van der Waals surface area contributed by atoms with E-state index in [2.05, 4.69) is 17.6 Å². The van der Waals surface area contributed by atoms with E-state index in [4.69, 9.17) is 5.73 Å². The fourth-order valence-corrected chi connectivity index (χ4v) is 2.04. The van der Waals surface area contributed by atoms with E-state index in [1.165, 1.54) is 11.1 Å². The number of aromatic nitrogens is 1. The number of nitrogens with zero attached hydrogens (tertiary/aromatic N) is 1. The molecular weight excluding hydrogens is 188 g/mol. The quantitative estimate of drug-likeness (QED) is 0.778. The second-order valence-corrected chi connectivity index (χ2v) is 3.95. The Labute approximate surface area is 89.1 Å². The molecular formula is C12H16N2O. The zero-order valence-electron chi connectivity index (χ0n) is 9.07. The summed E-state index contributed by atoms with van der Waals surface area (Å²) in [6.45, 7) is 2.31. The van der Waals surface area contributed by atoms with Crippen molar-refractivity contribution in [3.05, 3.63) is 35.5 Å². The topological polar surface area (TPSA) is 51.2 Å². The standard InChI is InChI=1S/C12H16N2O/c1-8-5-10(11(15)7-13)6-9-3-4-14(2)12(8)9/h3-6,11,15H,7,13H2,1-2H3. The Kier molecular flexibility index (Phi) is 2.50. The first-order chi connectivity index (χ1) is 7.13. The highest BCUT2D eigenvalue weighted by atomic mass is 16.3. The largest absolute Gasteiger partial charge is 0.387 e. The summed E-state index contributed by atoms with van der Waals surface area (Å²) in [4.78, 5) is 0. The molecule has 0 aliphatic rings. The van der Waals surface area contributed by atoms with Gasteiger partial charge in [0.05, 0.1) is 11.6 Å². The van der Waals surface area contributed by atoms with Gasteiger partial charge in [-0.2, -0.15) is 0 Å². The lowest BCUT2D eigenvalue weighted by Gasteiger charge is -2.10. The van der Waals surface area contributed by atoms with Gasteiger partial charge in [0.15, 0.2) is 0 Å². The van der Waals surface area contributed by atoms with Gasteiger partial charge in [0.1, 0.15) is 0 Å². The molecule has 0 aliphatic heterocycles. The van der Waals surface area contributed by atoms with Crippen molar-refractivity contribution in [3.63, 3.8) is 0 Å². The molecule has 1 unspecified atom stereocenters. The van der Waals surface area contributed by atoms with Crippen LogP contribution in [0.5, 0.6) is 0 Å². The van der Waals surface area contributed by atoms with Gasteiger partial charge in [-0.3, -0.25) is 0 Å². The number of hydrogen-bond donors (Lipinski definition) is 2. The Morgan fingerprint density at radius 3 is 2.87 bits per heavy atom. The molecule has 0 spiro atoms. The van der Waals surface area contributed by atoms with Gasteiger partial charge in [-0.15, -0.1) is 0 Å². The molecule has 0 radical (unpaired) electrons. The molecule has 3 N–H and O–H groups in total. The zero-order valence-corrected chi connectivity index (χ0v) is 9.07. The number of fused-ring (bicyclic) bond motifs is 1. The maximum Gasteiger partial charge on any atom is 0.0912 e. The van der Waals surface area contributed by atoms with Crippen molar-refractivity contribution in [1.82, 2.24) is 4.57 Å². The average molecular weight is 204 g/mol. The van der Waals surface area contributed by atoms with Crippen molar-refractivity contribution in [1.29, 1.82) is 0 Å². The third-order valence-electron chi connectivity index (χ3n) is 2.79. The molecule has 0 amide bonds. The SMILES string of the molecule is Cc1cc(C(O)CN)cc2ccn(C)c12. The molecule has 0 saturated heterocycles. The minimum Gasteiger partial charge on any atom is -0.387 e. The molecule has 2 rings (SSSR count). The monoisotopic (exact) mass is 204 g/mol. The summed E-state index contributed by atoms with van der Waals surface area (Å²) in [5, 5.41) is 10.8. The second kappa shape index (κ2) is 3.68. The Morgan fingerprint density at radius 2 is 2.20 bits per heavy atom. The highest BCUT2D eigenvalue weighted by Gasteiger charge is 2.09. The van der Waals surface area contributed by atoms with Crippen LogP contribution in [-0.4, -0.2) is 16.2 Å². The van der Waals surface area contributed by atoms with Gasteiger partial charge in [0, 0.05) is 25.2 Å². The number of hydrogen-bond acceptors (Lipinski definition) is 2. The number of aryl methyl sites for hydroxylation is 2. The van der Waals surface area contributed by atoms with Gasteiger partial charge in [0.2, 0.25) is 0 Å². The summed E-state index contributed by atoms with van der Waals surface area (Å²) in [5.41, 5.74) is 8.73. The van der Waals surface area contributed by atoms with Crippen LogP contribution < -0.4 is 5.73 Å². The van der Waals surface area contributed by atoms with E-state index in [1.807, 2.05) is 25.4 Å². The van der Waals surface area contributed by atoms with Crippen LogP contribution in [0.3, 0.4) is 0 Å². The minimum absolute atomic E-state index is 0.262. The van der Waals surface area contributed by atoms with E-state index in [1.54, 1.807) is 0 Å². The van der Waals surface area contributed by atoms with Crippen LogP contribution in [-0.2, 0) is 7.05 Å². The number of nitrogens with two attached hydrogens (primary N) is 1. The Bertz CT molecular complexity index is 488. The first-order valence-corrected chi connectivity index (χ1v) is 5.07. The van der Waals surface area contributed by atoms with Crippen LogP contribution >= 0.6 is 0 Å². The van der Waals surface area contributed by atoms with Crippen LogP contribution in [0.15, 0.2) is 24.4 Å². The van der Waals surface area contributed by atoms with Crippen molar-refractivity contribution >= 4 is 10.9 Å². The van der Waals surface area contributed by atoms with Gasteiger partial charge < -0.3 is 15.4 Å². The number of aliphatic hydroxyl groups excluding tert-OH is 1. The molecule has 1 aromatic heterocycles. The molecule has 80 valence electrons. The Balaban J connectivity index is 2.63. The van der Waals surface area contributed by atoms with E-state index in [0.29, 0.717) is 0 Å². The van der Waals surface area contributed by atoms with E-state index in [9.17, 15) is 5.11 Å². The van der Waals surface area contributed by atoms with Crippen LogP contribution in [0.1, 0.15) is 17.2 Å². The Hall–Kier alpha value is -1.32. The molecule has 0 aliphatic carbocycles. The lowest BCUT2D eigenvalue weighted by atomic mass is 10.0. The summed E-state index contributed by atoms with van der Waals surface area (Å²) < 4.78 is 2.09. The normalized spacial score (nSPS) is 13.3.